The number of fused-ring (bicyclic) bond motifs is 1. The van der Waals surface area contributed by atoms with Gasteiger partial charge in [-0.3, -0.25) is 0 Å². The van der Waals surface area contributed by atoms with Crippen molar-refractivity contribution in [1.82, 2.24) is 9.97 Å². The van der Waals surface area contributed by atoms with E-state index in [0.29, 0.717) is 12.3 Å². The molecule has 0 fully saturated rings. The molecule has 1 aliphatic rings. The number of hydrogen-bond acceptors (Lipinski definition) is 5. The fourth-order valence-corrected chi connectivity index (χ4v) is 2.40. The normalized spacial score (nSPS) is 17.1. The van der Waals surface area contributed by atoms with Gasteiger partial charge in [0.1, 0.15) is 18.2 Å². The first kappa shape index (κ1) is 13.0. The minimum Gasteiger partial charge on any atom is -0.492 e. The summed E-state index contributed by atoms with van der Waals surface area (Å²) in [5.74, 6) is 1.69. The van der Waals surface area contributed by atoms with E-state index in [1.165, 1.54) is 0 Å². The smallest absolute Gasteiger partial charge is 0.200 e. The van der Waals surface area contributed by atoms with Gasteiger partial charge in [0.25, 0.3) is 0 Å². The Morgan fingerprint density at radius 3 is 2.80 bits per heavy atom. The highest BCUT2D eigenvalue weighted by molar-refractivity contribution is 5.42. The number of rotatable bonds is 4. The molecule has 1 aliphatic heterocycles. The summed E-state index contributed by atoms with van der Waals surface area (Å²) < 4.78 is 16.1. The van der Waals surface area contributed by atoms with E-state index in [1.807, 2.05) is 24.3 Å². The first-order valence-electron chi connectivity index (χ1n) is 6.43. The van der Waals surface area contributed by atoms with Crippen molar-refractivity contribution < 1.29 is 14.2 Å². The van der Waals surface area contributed by atoms with Crippen molar-refractivity contribution >= 4 is 0 Å². The van der Waals surface area contributed by atoms with Gasteiger partial charge in [-0.05, 0) is 12.1 Å². The van der Waals surface area contributed by atoms with Crippen LogP contribution in [0, 0.1) is 0 Å². The molecule has 2 aromatic rings. The SMILES string of the molecule is COC(OC)c1ccnc(C2COc3ccccc32)n1. The largest absolute Gasteiger partial charge is 0.492 e. The molecule has 0 N–H and O–H groups in total. The van der Waals surface area contributed by atoms with Gasteiger partial charge in [0, 0.05) is 26.0 Å². The molecule has 0 saturated heterocycles. The monoisotopic (exact) mass is 272 g/mol. The number of nitrogens with zero attached hydrogens (tertiary/aromatic N) is 2. The summed E-state index contributed by atoms with van der Waals surface area (Å²) in [6, 6.07) is 9.77. The zero-order chi connectivity index (χ0) is 13.9. The van der Waals surface area contributed by atoms with E-state index >= 15 is 0 Å². The fraction of sp³-hybridized carbons (Fsp3) is 0.333. The second-order valence-corrected chi connectivity index (χ2v) is 4.54. The highest BCUT2D eigenvalue weighted by Crippen LogP contribution is 2.36. The van der Waals surface area contributed by atoms with E-state index in [-0.39, 0.29) is 5.92 Å². The van der Waals surface area contributed by atoms with E-state index in [0.717, 1.165) is 17.1 Å². The summed E-state index contributed by atoms with van der Waals surface area (Å²) in [5.41, 5.74) is 1.83. The maximum Gasteiger partial charge on any atom is 0.200 e. The lowest BCUT2D eigenvalue weighted by molar-refractivity contribution is -0.108. The number of hydrogen-bond donors (Lipinski definition) is 0. The van der Waals surface area contributed by atoms with Gasteiger partial charge in [-0.2, -0.15) is 0 Å². The third kappa shape index (κ3) is 2.26. The van der Waals surface area contributed by atoms with Crippen LogP contribution in [-0.2, 0) is 9.47 Å². The molecule has 2 heterocycles. The molecule has 0 aliphatic carbocycles. The van der Waals surface area contributed by atoms with Crippen LogP contribution >= 0.6 is 0 Å². The Balaban J connectivity index is 1.94. The van der Waals surface area contributed by atoms with Crippen LogP contribution in [0.4, 0.5) is 0 Å². The Morgan fingerprint density at radius 1 is 1.20 bits per heavy atom. The van der Waals surface area contributed by atoms with Crippen LogP contribution in [0.25, 0.3) is 0 Å². The van der Waals surface area contributed by atoms with E-state index in [4.69, 9.17) is 14.2 Å². The standard InChI is InChI=1S/C15H16N2O3/c1-18-15(19-2)12-7-8-16-14(17-12)11-9-20-13-6-4-3-5-10(11)13/h3-8,11,15H,9H2,1-2H3. The number of aromatic nitrogens is 2. The quantitative estimate of drug-likeness (QED) is 0.799. The molecule has 1 atom stereocenters. The third-order valence-electron chi connectivity index (χ3n) is 3.38. The Labute approximate surface area is 117 Å². The third-order valence-corrected chi connectivity index (χ3v) is 3.38. The molecule has 1 aromatic carbocycles. The van der Waals surface area contributed by atoms with Gasteiger partial charge in [-0.25, -0.2) is 9.97 Å². The van der Waals surface area contributed by atoms with Crippen LogP contribution in [-0.4, -0.2) is 30.8 Å². The van der Waals surface area contributed by atoms with Crippen LogP contribution in [0.1, 0.15) is 29.3 Å². The van der Waals surface area contributed by atoms with Gasteiger partial charge >= 0.3 is 0 Å². The Bertz CT molecular complexity index is 599. The Kier molecular flexibility index (Phi) is 3.62. The first-order chi connectivity index (χ1) is 9.83. The second-order valence-electron chi connectivity index (χ2n) is 4.54. The van der Waals surface area contributed by atoms with Gasteiger partial charge in [-0.15, -0.1) is 0 Å². The van der Waals surface area contributed by atoms with Crippen LogP contribution in [0.5, 0.6) is 5.75 Å². The zero-order valence-electron chi connectivity index (χ0n) is 11.4. The van der Waals surface area contributed by atoms with Crippen LogP contribution in [0.15, 0.2) is 36.5 Å². The lowest BCUT2D eigenvalue weighted by atomic mass is 10.0. The number of para-hydroxylation sites is 1. The highest BCUT2D eigenvalue weighted by Gasteiger charge is 2.28. The predicted octanol–water partition coefficient (Wildman–Crippen LogP) is 2.29. The maximum atomic E-state index is 5.68. The molecule has 104 valence electrons. The summed E-state index contributed by atoms with van der Waals surface area (Å²) in [7, 11) is 3.17. The van der Waals surface area contributed by atoms with E-state index in [9.17, 15) is 0 Å². The minimum atomic E-state index is -0.477. The summed E-state index contributed by atoms with van der Waals surface area (Å²) in [6.07, 6.45) is 1.25. The van der Waals surface area contributed by atoms with E-state index in [1.54, 1.807) is 26.5 Å². The van der Waals surface area contributed by atoms with E-state index in [2.05, 4.69) is 9.97 Å². The van der Waals surface area contributed by atoms with Crippen molar-refractivity contribution in [2.75, 3.05) is 20.8 Å². The molecule has 0 amide bonds. The number of methoxy groups -OCH3 is 2. The highest BCUT2D eigenvalue weighted by atomic mass is 16.7. The molecule has 3 rings (SSSR count). The van der Waals surface area contributed by atoms with Gasteiger partial charge in [0.2, 0.25) is 6.29 Å². The minimum absolute atomic E-state index is 0.0560. The fourth-order valence-electron chi connectivity index (χ4n) is 2.40. The lowest BCUT2D eigenvalue weighted by Gasteiger charge is -2.14. The zero-order valence-corrected chi connectivity index (χ0v) is 11.4. The molecule has 1 unspecified atom stereocenters. The van der Waals surface area contributed by atoms with Gasteiger partial charge in [-0.1, -0.05) is 18.2 Å². The average molecular weight is 272 g/mol. The van der Waals surface area contributed by atoms with Gasteiger partial charge in [0.05, 0.1) is 11.6 Å². The van der Waals surface area contributed by atoms with Crippen molar-refractivity contribution in [2.45, 2.75) is 12.2 Å². The molecule has 0 spiro atoms. The lowest BCUT2D eigenvalue weighted by Crippen LogP contribution is -2.12. The summed E-state index contributed by atoms with van der Waals surface area (Å²) in [4.78, 5) is 8.92. The molecule has 5 heteroatoms. The first-order valence-corrected chi connectivity index (χ1v) is 6.43. The van der Waals surface area contributed by atoms with Crippen LogP contribution in [0.2, 0.25) is 0 Å². The molecule has 20 heavy (non-hydrogen) atoms. The number of benzene rings is 1. The van der Waals surface area contributed by atoms with Gasteiger partial charge < -0.3 is 14.2 Å². The summed E-state index contributed by atoms with van der Waals surface area (Å²) in [6.45, 7) is 0.563. The Hall–Kier alpha value is -1.98. The molecule has 0 saturated carbocycles. The second kappa shape index (κ2) is 5.56. The molecule has 5 nitrogen and oxygen atoms in total. The average Bonchev–Trinajstić information content (AvgIpc) is 2.93. The predicted molar refractivity (Wildman–Crippen MR) is 72.6 cm³/mol. The van der Waals surface area contributed by atoms with Crippen molar-refractivity contribution in [3.8, 4) is 5.75 Å². The van der Waals surface area contributed by atoms with Crippen LogP contribution < -0.4 is 4.74 Å². The topological polar surface area (TPSA) is 53.5 Å². The molecule has 0 bridgehead atoms. The molecule has 0 radical (unpaired) electrons. The molecule has 1 aromatic heterocycles. The summed E-state index contributed by atoms with van der Waals surface area (Å²) in [5, 5.41) is 0. The summed E-state index contributed by atoms with van der Waals surface area (Å²) >= 11 is 0. The van der Waals surface area contributed by atoms with Crippen molar-refractivity contribution in [1.29, 1.82) is 0 Å². The molecular formula is C15H16N2O3. The van der Waals surface area contributed by atoms with Gasteiger partial charge in [0.15, 0.2) is 0 Å². The van der Waals surface area contributed by atoms with Crippen molar-refractivity contribution in [3.05, 3.63) is 53.6 Å². The van der Waals surface area contributed by atoms with Crippen molar-refractivity contribution in [2.24, 2.45) is 0 Å². The van der Waals surface area contributed by atoms with E-state index < -0.39 is 6.29 Å². The maximum absolute atomic E-state index is 5.68. The Morgan fingerprint density at radius 2 is 2.00 bits per heavy atom. The molecular weight excluding hydrogens is 256 g/mol. The van der Waals surface area contributed by atoms with Crippen molar-refractivity contribution in [3.63, 3.8) is 0 Å². The number of ether oxygens (including phenoxy) is 3. The van der Waals surface area contributed by atoms with Crippen LogP contribution in [0.3, 0.4) is 0 Å².